The zero-order valence-corrected chi connectivity index (χ0v) is 7.15. The van der Waals surface area contributed by atoms with E-state index in [0.717, 1.165) is 0 Å². The SMILES string of the molecule is [2H]c1c(N)c(Cl)[13c](C(=O)O)[15n][13c]1Cl. The van der Waals surface area contributed by atoms with Crippen molar-refractivity contribution in [3.63, 3.8) is 0 Å². The number of aromatic nitrogens is 1. The first-order chi connectivity index (χ1) is 5.95. The van der Waals surface area contributed by atoms with Crippen LogP contribution in [0.4, 0.5) is 5.69 Å². The second-order valence-electron chi connectivity index (χ2n) is 1.91. The molecule has 1 aromatic rings. The zero-order valence-electron chi connectivity index (χ0n) is 6.64. The molecule has 0 aliphatic rings. The van der Waals surface area contributed by atoms with Crippen molar-refractivity contribution in [1.82, 2.24) is 4.98 Å². The summed E-state index contributed by atoms with van der Waals surface area (Å²) >= 11 is 11.0. The molecule has 6 heteroatoms. The van der Waals surface area contributed by atoms with Crippen LogP contribution in [0.2, 0.25) is 10.2 Å². The molecule has 1 aromatic heterocycles. The van der Waals surface area contributed by atoms with Crippen molar-refractivity contribution < 1.29 is 11.3 Å². The monoisotopic (exact) mass is 210 g/mol. The Kier molecular flexibility index (Phi) is 2.01. The molecule has 0 fully saturated rings. The zero-order chi connectivity index (χ0) is 10.2. The van der Waals surface area contributed by atoms with E-state index in [1.807, 2.05) is 0 Å². The highest BCUT2D eigenvalue weighted by Gasteiger charge is 2.13. The van der Waals surface area contributed by atoms with Crippen molar-refractivity contribution in [2.24, 2.45) is 0 Å². The third-order valence-electron chi connectivity index (χ3n) is 1.09. The Morgan fingerprint density at radius 1 is 1.75 bits per heavy atom. The Morgan fingerprint density at radius 3 is 2.83 bits per heavy atom. The Bertz CT molecular complexity index is 383. The molecule has 0 atom stereocenters. The standard InChI is InChI=1S/C6H4Cl2N2O2/c7-3-1-2(9)4(8)5(10-3)6(11)12/h1H,(H2,9,10)(H,11,12)/i1D,3+1,5+1,10+1. The quantitative estimate of drug-likeness (QED) is 0.692. The third-order valence-corrected chi connectivity index (χ3v) is 1.66. The van der Waals surface area contributed by atoms with E-state index in [2.05, 4.69) is 4.98 Å². The summed E-state index contributed by atoms with van der Waals surface area (Å²) in [4.78, 5) is 13.9. The van der Waals surface area contributed by atoms with Crippen LogP contribution in [0.1, 0.15) is 11.9 Å². The molecule has 0 spiro atoms. The summed E-state index contributed by atoms with van der Waals surface area (Å²) in [7, 11) is 0. The number of rotatable bonds is 1. The molecule has 0 radical (unpaired) electrons. The van der Waals surface area contributed by atoms with Gasteiger partial charge in [-0.3, -0.25) is 0 Å². The maximum atomic E-state index is 10.5. The van der Waals surface area contributed by atoms with Crippen molar-refractivity contribution >= 4 is 34.9 Å². The fourth-order valence-corrected chi connectivity index (χ4v) is 0.967. The van der Waals surface area contributed by atoms with Gasteiger partial charge in [-0.15, -0.1) is 0 Å². The first kappa shape index (κ1) is 7.64. The molecular formula is C6H4Cl2N2O2. The predicted molar refractivity (Wildman–Crippen MR) is 45.6 cm³/mol. The van der Waals surface area contributed by atoms with Crippen LogP contribution >= 0.6 is 23.2 Å². The Balaban J connectivity index is 3.50. The van der Waals surface area contributed by atoms with E-state index in [1.165, 1.54) is 0 Å². The molecular weight excluding hydrogens is 206 g/mol. The van der Waals surface area contributed by atoms with Crippen molar-refractivity contribution in [2.45, 2.75) is 0 Å². The fraction of sp³-hybridized carbons (Fsp3) is 0. The molecule has 0 saturated carbocycles. The molecule has 3 N–H and O–H groups in total. The van der Waals surface area contributed by atoms with Crippen molar-refractivity contribution in [2.75, 3.05) is 5.73 Å². The number of hydrogen-bond donors (Lipinski definition) is 2. The van der Waals surface area contributed by atoms with Gasteiger partial charge in [0.1, 0.15) is 5.15 Å². The van der Waals surface area contributed by atoms with E-state index >= 15 is 0 Å². The summed E-state index contributed by atoms with van der Waals surface area (Å²) in [5.41, 5.74) is 4.69. The van der Waals surface area contributed by atoms with Gasteiger partial charge < -0.3 is 10.8 Å². The van der Waals surface area contributed by atoms with Gasteiger partial charge in [0.05, 0.1) is 12.1 Å². The Morgan fingerprint density at radius 2 is 2.33 bits per heavy atom. The lowest BCUT2D eigenvalue weighted by Crippen LogP contribution is -2.03. The number of pyridine rings is 1. The number of aromatic carboxylic acids is 1. The van der Waals surface area contributed by atoms with Gasteiger partial charge in [0.15, 0.2) is 5.69 Å². The molecule has 1 heterocycles. The number of carboxylic acid groups (broad SMARTS) is 1. The van der Waals surface area contributed by atoms with Gasteiger partial charge in [0.25, 0.3) is 0 Å². The number of halogens is 2. The number of carbonyl (C=O) groups is 1. The van der Waals surface area contributed by atoms with Crippen molar-refractivity contribution in [3.05, 3.63) is 21.9 Å². The lowest BCUT2D eigenvalue weighted by molar-refractivity contribution is 0.0691. The minimum atomic E-state index is -1.33. The van der Waals surface area contributed by atoms with E-state index in [4.69, 9.17) is 35.4 Å². The molecule has 0 amide bonds. The second kappa shape index (κ2) is 3.16. The number of hydrogen-bond acceptors (Lipinski definition) is 3. The molecule has 0 saturated heterocycles. The molecule has 0 unspecified atom stereocenters. The Labute approximate surface area is 79.3 Å². The summed E-state index contributed by atoms with van der Waals surface area (Å²) in [6, 6.07) is -0.267. The summed E-state index contributed by atoms with van der Waals surface area (Å²) < 4.78 is 7.23. The van der Waals surface area contributed by atoms with E-state index < -0.39 is 11.7 Å². The molecule has 1 rings (SSSR count). The fourth-order valence-electron chi connectivity index (χ4n) is 0.610. The van der Waals surface area contributed by atoms with Crippen LogP contribution in [0.5, 0.6) is 0 Å². The van der Waals surface area contributed by atoms with Crippen LogP contribution < -0.4 is 5.73 Å². The van der Waals surface area contributed by atoms with E-state index in [1.54, 1.807) is 0 Å². The summed E-state index contributed by atoms with van der Waals surface area (Å²) in [6.45, 7) is 0. The predicted octanol–water partition coefficient (Wildman–Crippen LogP) is 1.67. The number of nitrogens with zero attached hydrogens (tertiary/aromatic N) is 1. The van der Waals surface area contributed by atoms with Crippen LogP contribution in [0, 0.1) is 0 Å². The van der Waals surface area contributed by atoms with Crippen LogP contribution in [0.3, 0.4) is 0 Å². The smallest absolute Gasteiger partial charge is 0.356 e. The summed E-state index contributed by atoms with van der Waals surface area (Å²) in [5.74, 6) is -1.33. The van der Waals surface area contributed by atoms with Crippen LogP contribution in [0.15, 0.2) is 6.04 Å². The average Bonchev–Trinajstić information content (AvgIpc) is 2.07. The first-order valence-corrected chi connectivity index (χ1v) is 3.55. The van der Waals surface area contributed by atoms with Gasteiger partial charge in [0.2, 0.25) is 0 Å². The van der Waals surface area contributed by atoms with Gasteiger partial charge in [-0.2, -0.15) is 0 Å². The minimum absolute atomic E-state index is 0.181. The largest absolute Gasteiger partial charge is 0.476 e. The van der Waals surface area contributed by atoms with Crippen molar-refractivity contribution in [1.29, 1.82) is 0 Å². The summed E-state index contributed by atoms with van der Waals surface area (Å²) in [6.07, 6.45) is 0. The highest BCUT2D eigenvalue weighted by molar-refractivity contribution is 6.36. The highest BCUT2D eigenvalue weighted by Crippen LogP contribution is 2.24. The maximum absolute atomic E-state index is 10.5. The van der Waals surface area contributed by atoms with Crippen LogP contribution in [-0.2, 0) is 0 Å². The van der Waals surface area contributed by atoms with Gasteiger partial charge >= 0.3 is 5.97 Å². The van der Waals surface area contributed by atoms with E-state index in [9.17, 15) is 4.79 Å². The molecule has 0 aromatic carbocycles. The molecule has 64 valence electrons. The normalized spacial score (nSPS) is 11.0. The second-order valence-corrected chi connectivity index (χ2v) is 2.65. The highest BCUT2D eigenvalue weighted by atomic mass is 35.5. The third kappa shape index (κ3) is 1.60. The molecule has 4 nitrogen and oxygen atoms in total. The molecule has 12 heavy (non-hydrogen) atoms. The maximum Gasteiger partial charge on any atom is 0.356 e. The van der Waals surface area contributed by atoms with Crippen LogP contribution in [-0.4, -0.2) is 16.1 Å². The number of carboxylic acids is 1. The van der Waals surface area contributed by atoms with E-state index in [0.29, 0.717) is 0 Å². The summed E-state index contributed by atoms with van der Waals surface area (Å²) in [5, 5.41) is 8.04. The molecule has 0 aliphatic carbocycles. The lowest BCUT2D eigenvalue weighted by Gasteiger charge is -2.01. The lowest BCUT2D eigenvalue weighted by atomic mass is 10.5. The topological polar surface area (TPSA) is 76.2 Å². The minimum Gasteiger partial charge on any atom is -0.476 e. The van der Waals surface area contributed by atoms with Gasteiger partial charge in [-0.05, 0) is 6.04 Å². The number of anilines is 1. The number of nitrogen functional groups attached to an aromatic ring is 1. The first-order valence-electron chi connectivity index (χ1n) is 3.29. The van der Waals surface area contributed by atoms with Gasteiger partial charge in [0, 0.05) is 0 Å². The van der Waals surface area contributed by atoms with Crippen molar-refractivity contribution in [3.8, 4) is 0 Å². The Hall–Kier alpha value is -1.00. The van der Waals surface area contributed by atoms with Crippen LogP contribution in [0.25, 0.3) is 0 Å². The van der Waals surface area contributed by atoms with Gasteiger partial charge in [-0.25, -0.2) is 9.78 Å². The number of nitrogens with two attached hydrogens (primary N) is 1. The molecule has 0 bridgehead atoms. The molecule has 0 aliphatic heterocycles. The van der Waals surface area contributed by atoms with Gasteiger partial charge in [-0.1, -0.05) is 23.2 Å². The van der Waals surface area contributed by atoms with E-state index in [-0.39, 0.29) is 21.9 Å². The average molecular weight is 211 g/mol.